The summed E-state index contributed by atoms with van der Waals surface area (Å²) >= 11 is 0. The van der Waals surface area contributed by atoms with Gasteiger partial charge in [0, 0.05) is 6.07 Å². The Labute approximate surface area is 219 Å². The number of hydrogen-bond acceptors (Lipinski definition) is 2. The van der Waals surface area contributed by atoms with Crippen molar-refractivity contribution >= 4 is 0 Å². The molecule has 2 nitrogen and oxygen atoms in total. The lowest BCUT2D eigenvalue weighted by Crippen LogP contribution is -1.87. The molecule has 0 aliphatic carbocycles. The Bertz CT molecular complexity index is 548. The molecular formula is C33H60O2. The van der Waals surface area contributed by atoms with Crippen LogP contribution in [-0.4, -0.2) is 10.2 Å². The highest BCUT2D eigenvalue weighted by atomic mass is 16.3. The number of phenolic OH excluding ortho intramolecular Hbond substituents is 2. The fourth-order valence-corrected chi connectivity index (χ4v) is 5.27. The Hall–Kier alpha value is -1.18. The van der Waals surface area contributed by atoms with Crippen molar-refractivity contribution in [1.82, 2.24) is 0 Å². The minimum absolute atomic E-state index is 0.166. The van der Waals surface area contributed by atoms with E-state index in [0.29, 0.717) is 0 Å². The van der Waals surface area contributed by atoms with Crippen molar-refractivity contribution in [3.63, 3.8) is 0 Å². The van der Waals surface area contributed by atoms with Gasteiger partial charge in [0.05, 0.1) is 0 Å². The first-order valence-corrected chi connectivity index (χ1v) is 15.7. The number of aromatic hydroxyl groups is 2. The zero-order valence-corrected chi connectivity index (χ0v) is 23.5. The molecule has 0 aliphatic rings. The molecule has 1 aromatic carbocycles. The molecule has 0 amide bonds. The average Bonchev–Trinajstić information content (AvgIpc) is 2.83. The molecule has 0 spiro atoms. The van der Waals surface area contributed by atoms with E-state index in [0.717, 1.165) is 18.4 Å². The summed E-state index contributed by atoms with van der Waals surface area (Å²) in [5, 5.41) is 19.1. The summed E-state index contributed by atoms with van der Waals surface area (Å²) in [6.45, 7) is 2.30. The fraction of sp³-hybridized carbons (Fsp3) is 0.818. The van der Waals surface area contributed by atoms with Crippen LogP contribution >= 0.6 is 0 Å². The van der Waals surface area contributed by atoms with Crippen molar-refractivity contribution in [3.05, 3.63) is 23.8 Å². The molecule has 0 heterocycles. The van der Waals surface area contributed by atoms with Crippen molar-refractivity contribution in [3.8, 4) is 11.5 Å². The van der Waals surface area contributed by atoms with Gasteiger partial charge in [-0.15, -0.1) is 0 Å². The van der Waals surface area contributed by atoms with Gasteiger partial charge in [-0.25, -0.2) is 0 Å². The third-order valence-electron chi connectivity index (χ3n) is 7.53. The standard InChI is InChI=1S/C33H60O2/c1-2-3-4-5-6-7-8-9-10-11-12-13-14-15-16-17-18-19-20-21-22-23-24-25-26-27-31-28-32(34)30-33(35)29-31/h28-30,34-35H,2-27H2,1H3. The molecule has 0 saturated carbocycles. The summed E-state index contributed by atoms with van der Waals surface area (Å²) < 4.78 is 0. The van der Waals surface area contributed by atoms with Gasteiger partial charge in [-0.1, -0.05) is 161 Å². The Morgan fingerprint density at radius 2 is 0.629 bits per heavy atom. The maximum absolute atomic E-state index is 9.53. The van der Waals surface area contributed by atoms with Gasteiger partial charge in [0.25, 0.3) is 0 Å². The average molecular weight is 489 g/mol. The number of aryl methyl sites for hydroxylation is 1. The zero-order chi connectivity index (χ0) is 25.2. The van der Waals surface area contributed by atoms with Crippen molar-refractivity contribution in [1.29, 1.82) is 0 Å². The Morgan fingerprint density at radius 1 is 0.371 bits per heavy atom. The molecule has 2 N–H and O–H groups in total. The summed E-state index contributed by atoms with van der Waals surface area (Å²) in [5.41, 5.74) is 1.04. The Morgan fingerprint density at radius 3 is 0.914 bits per heavy atom. The summed E-state index contributed by atoms with van der Waals surface area (Å²) in [5.74, 6) is 0.333. The molecule has 1 rings (SSSR count). The molecule has 1 aromatic rings. The molecule has 2 heteroatoms. The van der Waals surface area contributed by atoms with Gasteiger partial charge in [-0.05, 0) is 30.5 Å². The Balaban J connectivity index is 1.69. The SMILES string of the molecule is CCCCCCCCCCCCCCCCCCCCCCCCCCCc1cc(O)cc(O)c1. The lowest BCUT2D eigenvalue weighted by Gasteiger charge is -2.05. The van der Waals surface area contributed by atoms with Crippen LogP contribution < -0.4 is 0 Å². The van der Waals surface area contributed by atoms with E-state index in [1.165, 1.54) is 160 Å². The molecule has 0 atom stereocenters. The Kier molecular flexibility index (Phi) is 22.3. The number of benzene rings is 1. The maximum Gasteiger partial charge on any atom is 0.119 e. The van der Waals surface area contributed by atoms with Crippen LogP contribution in [0.15, 0.2) is 18.2 Å². The van der Waals surface area contributed by atoms with Crippen LogP contribution in [0.1, 0.15) is 173 Å². The molecule has 0 saturated heterocycles. The van der Waals surface area contributed by atoms with E-state index < -0.39 is 0 Å². The van der Waals surface area contributed by atoms with Gasteiger partial charge in [0.2, 0.25) is 0 Å². The third-order valence-corrected chi connectivity index (χ3v) is 7.53. The van der Waals surface area contributed by atoms with Crippen LogP contribution in [0.3, 0.4) is 0 Å². The molecule has 0 aliphatic heterocycles. The van der Waals surface area contributed by atoms with Crippen molar-refractivity contribution in [2.24, 2.45) is 0 Å². The molecule has 0 radical (unpaired) electrons. The van der Waals surface area contributed by atoms with Crippen LogP contribution in [-0.2, 0) is 6.42 Å². The van der Waals surface area contributed by atoms with E-state index in [1.807, 2.05) is 0 Å². The lowest BCUT2D eigenvalue weighted by atomic mass is 10.0. The summed E-state index contributed by atoms with van der Waals surface area (Å²) in [7, 11) is 0. The van der Waals surface area contributed by atoms with Gasteiger partial charge in [0.1, 0.15) is 11.5 Å². The number of hydrogen-bond donors (Lipinski definition) is 2. The van der Waals surface area contributed by atoms with Crippen molar-refractivity contribution in [2.75, 3.05) is 0 Å². The second-order valence-corrected chi connectivity index (χ2v) is 11.1. The van der Waals surface area contributed by atoms with Gasteiger partial charge >= 0.3 is 0 Å². The number of rotatable bonds is 26. The predicted octanol–water partition coefficient (Wildman–Crippen LogP) is 11.4. The first-order chi connectivity index (χ1) is 17.2. The largest absolute Gasteiger partial charge is 0.508 e. The van der Waals surface area contributed by atoms with Crippen molar-refractivity contribution < 1.29 is 10.2 Å². The normalized spacial score (nSPS) is 11.3. The first kappa shape index (κ1) is 31.8. The third kappa shape index (κ3) is 21.8. The lowest BCUT2D eigenvalue weighted by molar-refractivity contribution is 0.449. The van der Waals surface area contributed by atoms with Crippen LogP contribution in [0, 0.1) is 0 Å². The minimum Gasteiger partial charge on any atom is -0.508 e. The van der Waals surface area contributed by atoms with Crippen LogP contribution in [0.5, 0.6) is 11.5 Å². The molecule has 0 fully saturated rings. The second-order valence-electron chi connectivity index (χ2n) is 11.1. The van der Waals surface area contributed by atoms with Gasteiger partial charge in [0.15, 0.2) is 0 Å². The minimum atomic E-state index is 0.166. The van der Waals surface area contributed by atoms with Gasteiger partial charge < -0.3 is 10.2 Å². The van der Waals surface area contributed by atoms with Crippen molar-refractivity contribution in [2.45, 2.75) is 174 Å². The van der Waals surface area contributed by atoms with E-state index in [-0.39, 0.29) is 11.5 Å². The molecular weight excluding hydrogens is 428 g/mol. The highest BCUT2D eigenvalue weighted by Crippen LogP contribution is 2.22. The van der Waals surface area contributed by atoms with E-state index in [4.69, 9.17) is 0 Å². The van der Waals surface area contributed by atoms with E-state index in [1.54, 1.807) is 12.1 Å². The molecule has 0 aromatic heterocycles. The topological polar surface area (TPSA) is 40.5 Å². The maximum atomic E-state index is 9.53. The fourth-order valence-electron chi connectivity index (χ4n) is 5.27. The quantitative estimate of drug-likeness (QED) is 0.127. The number of phenols is 2. The zero-order valence-electron chi connectivity index (χ0n) is 23.5. The second kappa shape index (κ2) is 24.5. The van der Waals surface area contributed by atoms with E-state index >= 15 is 0 Å². The molecule has 0 bridgehead atoms. The molecule has 35 heavy (non-hydrogen) atoms. The van der Waals surface area contributed by atoms with E-state index in [9.17, 15) is 10.2 Å². The summed E-state index contributed by atoms with van der Waals surface area (Å²) in [6, 6.07) is 4.92. The van der Waals surface area contributed by atoms with Crippen LogP contribution in [0.25, 0.3) is 0 Å². The first-order valence-electron chi connectivity index (χ1n) is 15.7. The van der Waals surface area contributed by atoms with Gasteiger partial charge in [-0.3, -0.25) is 0 Å². The predicted molar refractivity (Wildman–Crippen MR) is 155 cm³/mol. The highest BCUT2D eigenvalue weighted by Gasteiger charge is 2.00. The smallest absolute Gasteiger partial charge is 0.119 e. The van der Waals surface area contributed by atoms with E-state index in [2.05, 4.69) is 6.92 Å². The highest BCUT2D eigenvalue weighted by molar-refractivity contribution is 5.36. The summed E-state index contributed by atoms with van der Waals surface area (Å²) in [6.07, 6.45) is 36.4. The molecule has 0 unspecified atom stereocenters. The van der Waals surface area contributed by atoms with Crippen LogP contribution in [0.2, 0.25) is 0 Å². The van der Waals surface area contributed by atoms with Crippen LogP contribution in [0.4, 0.5) is 0 Å². The molecule has 204 valence electrons. The monoisotopic (exact) mass is 488 g/mol. The van der Waals surface area contributed by atoms with Gasteiger partial charge in [-0.2, -0.15) is 0 Å². The number of unbranched alkanes of at least 4 members (excludes halogenated alkanes) is 24. The summed E-state index contributed by atoms with van der Waals surface area (Å²) in [4.78, 5) is 0.